The normalized spacial score (nSPS) is 18.1. The molecule has 0 spiro atoms. The predicted molar refractivity (Wildman–Crippen MR) is 142 cm³/mol. The van der Waals surface area contributed by atoms with E-state index in [-0.39, 0.29) is 30.9 Å². The van der Waals surface area contributed by atoms with Gasteiger partial charge in [0, 0.05) is 31.1 Å². The van der Waals surface area contributed by atoms with E-state index >= 15 is 4.39 Å². The third kappa shape index (κ3) is 5.39. The predicted octanol–water partition coefficient (Wildman–Crippen LogP) is 5.51. The summed E-state index contributed by atoms with van der Waals surface area (Å²) in [6.07, 6.45) is 2.85. The lowest BCUT2D eigenvalue weighted by molar-refractivity contribution is 0.102. The molecular formula is C26H26Cl2F4N4O2. The number of nitrogens with one attached hydrogen (secondary N) is 1. The Morgan fingerprint density at radius 3 is 2.42 bits per heavy atom. The van der Waals surface area contributed by atoms with Crippen molar-refractivity contribution in [2.75, 3.05) is 29.9 Å². The molecule has 0 bridgehead atoms. The second kappa shape index (κ2) is 11.8. The van der Waals surface area contributed by atoms with Gasteiger partial charge in [0.15, 0.2) is 0 Å². The number of aromatic nitrogens is 1. The van der Waals surface area contributed by atoms with Crippen LogP contribution in [0.5, 0.6) is 5.88 Å². The number of benzene rings is 2. The molecule has 2 aliphatic heterocycles. The Balaban J connectivity index is 0.00000200. The number of hydrogen-bond acceptors (Lipinski definition) is 5. The van der Waals surface area contributed by atoms with Crippen molar-refractivity contribution in [1.82, 2.24) is 4.98 Å². The van der Waals surface area contributed by atoms with Crippen LogP contribution in [0.4, 0.5) is 28.9 Å². The number of piperidine rings is 1. The lowest BCUT2D eigenvalue weighted by atomic mass is 9.95. The van der Waals surface area contributed by atoms with E-state index in [1.807, 2.05) is 0 Å². The second-order valence-electron chi connectivity index (χ2n) is 9.24. The first kappa shape index (κ1) is 29.5. The molecule has 204 valence electrons. The fourth-order valence-corrected chi connectivity index (χ4v) is 5.04. The van der Waals surface area contributed by atoms with Crippen molar-refractivity contribution in [3.8, 4) is 17.0 Å². The first-order valence-electron chi connectivity index (χ1n) is 11.6. The van der Waals surface area contributed by atoms with Crippen LogP contribution < -0.4 is 20.7 Å². The lowest BCUT2D eigenvalue weighted by Crippen LogP contribution is -2.47. The van der Waals surface area contributed by atoms with Crippen LogP contribution in [0.3, 0.4) is 0 Å². The first-order chi connectivity index (χ1) is 17.2. The average molecular weight is 573 g/mol. The fraction of sp³-hybridized carbons (Fsp3) is 0.308. The van der Waals surface area contributed by atoms with E-state index < -0.39 is 45.9 Å². The Kier molecular flexibility index (Phi) is 9.12. The van der Waals surface area contributed by atoms with E-state index in [2.05, 4.69) is 22.1 Å². The summed E-state index contributed by atoms with van der Waals surface area (Å²) >= 11 is 0. The van der Waals surface area contributed by atoms with Gasteiger partial charge < -0.3 is 20.7 Å². The summed E-state index contributed by atoms with van der Waals surface area (Å²) in [6.45, 7) is 3.76. The van der Waals surface area contributed by atoms with E-state index in [9.17, 15) is 18.0 Å². The van der Waals surface area contributed by atoms with Crippen molar-refractivity contribution in [2.45, 2.75) is 25.8 Å². The molecule has 2 aliphatic rings. The summed E-state index contributed by atoms with van der Waals surface area (Å²) in [5.74, 6) is -5.01. The third-order valence-corrected chi connectivity index (χ3v) is 6.51. The Hall–Kier alpha value is -3.08. The van der Waals surface area contributed by atoms with Crippen LogP contribution in [0.2, 0.25) is 0 Å². The van der Waals surface area contributed by atoms with Crippen molar-refractivity contribution in [1.29, 1.82) is 0 Å². The minimum atomic E-state index is -1.37. The highest BCUT2D eigenvalue weighted by Crippen LogP contribution is 2.40. The first-order valence-corrected chi connectivity index (χ1v) is 11.6. The van der Waals surface area contributed by atoms with E-state index in [0.29, 0.717) is 49.3 Å². The number of rotatable bonds is 4. The van der Waals surface area contributed by atoms with E-state index in [0.717, 1.165) is 42.3 Å². The molecule has 0 radical (unpaired) electrons. The molecule has 1 saturated heterocycles. The molecule has 2 aromatic carbocycles. The molecule has 1 aromatic heterocycles. The molecule has 0 unspecified atom stereocenters. The van der Waals surface area contributed by atoms with Gasteiger partial charge in [-0.25, -0.2) is 22.5 Å². The second-order valence-corrected chi connectivity index (χ2v) is 9.24. The minimum absolute atomic E-state index is 0. The molecule has 6 nitrogen and oxygen atoms in total. The van der Waals surface area contributed by atoms with Crippen molar-refractivity contribution >= 4 is 42.1 Å². The van der Waals surface area contributed by atoms with Gasteiger partial charge >= 0.3 is 0 Å². The van der Waals surface area contributed by atoms with Crippen LogP contribution in [-0.2, 0) is 6.42 Å². The number of ether oxygens (including phenoxy) is 1. The highest BCUT2D eigenvalue weighted by molar-refractivity contribution is 6.07. The highest BCUT2D eigenvalue weighted by Gasteiger charge is 2.31. The summed E-state index contributed by atoms with van der Waals surface area (Å²) in [5, 5.41) is 2.66. The summed E-state index contributed by atoms with van der Waals surface area (Å²) in [5.41, 5.74) is 5.66. The topological polar surface area (TPSA) is 80.5 Å². The zero-order chi connectivity index (χ0) is 25.6. The van der Waals surface area contributed by atoms with E-state index in [1.54, 1.807) is 0 Å². The molecule has 0 saturated carbocycles. The van der Waals surface area contributed by atoms with Crippen molar-refractivity contribution < 1.29 is 27.1 Å². The molecule has 3 heterocycles. The quantitative estimate of drug-likeness (QED) is 0.403. The van der Waals surface area contributed by atoms with Gasteiger partial charge in [-0.2, -0.15) is 0 Å². The van der Waals surface area contributed by atoms with E-state index in [1.165, 1.54) is 6.20 Å². The molecule has 0 aliphatic carbocycles. The van der Waals surface area contributed by atoms with Crippen molar-refractivity contribution in [3.63, 3.8) is 0 Å². The fourth-order valence-electron chi connectivity index (χ4n) is 5.04. The number of anilines is 2. The Bertz CT molecular complexity index is 1330. The van der Waals surface area contributed by atoms with Gasteiger partial charge in [-0.3, -0.25) is 4.79 Å². The Morgan fingerprint density at radius 2 is 1.74 bits per heavy atom. The number of fused-ring (bicyclic) bond motifs is 1. The summed E-state index contributed by atoms with van der Waals surface area (Å²) in [4.78, 5) is 19.5. The van der Waals surface area contributed by atoms with Crippen LogP contribution in [0.1, 0.15) is 29.3 Å². The number of nitrogens with two attached hydrogens (primary N) is 1. The summed E-state index contributed by atoms with van der Waals surface area (Å²) in [7, 11) is 0. The SMILES string of the molecule is C[C@@H]1C[C@H](N)CN(c2c(NC(=O)c3ccc(F)c(-c4c(F)cccc4F)c3F)cnc3c2CCO3)C1.Cl.Cl. The Labute approximate surface area is 229 Å². The van der Waals surface area contributed by atoms with Gasteiger partial charge in [0.1, 0.15) is 23.3 Å². The van der Waals surface area contributed by atoms with Gasteiger partial charge in [0.25, 0.3) is 5.91 Å². The number of hydrogen-bond donors (Lipinski definition) is 2. The standard InChI is InChI=1S/C26H24F4N4O2.2ClH/c1-13-9-14(31)12-34(11-13)24-16-7-8-36-26(16)32-10-20(24)33-25(35)15-5-6-19(29)22(23(15)30)21-17(27)3-2-4-18(21)28;;/h2-6,10,13-14H,7-9,11-12,31H2,1H3,(H,33,35);2*1H/t13-,14+;;/m1../s1. The van der Waals surface area contributed by atoms with Crippen LogP contribution in [0, 0.1) is 29.2 Å². The van der Waals surface area contributed by atoms with Crippen LogP contribution >= 0.6 is 24.8 Å². The molecule has 3 N–H and O–H groups in total. The number of halogens is 6. The molecule has 2 atom stereocenters. The number of nitrogens with zero attached hydrogens (tertiary/aromatic N) is 2. The summed E-state index contributed by atoms with van der Waals surface area (Å²) < 4.78 is 64.2. The monoisotopic (exact) mass is 572 g/mol. The highest BCUT2D eigenvalue weighted by atomic mass is 35.5. The number of pyridine rings is 1. The zero-order valence-corrected chi connectivity index (χ0v) is 21.9. The average Bonchev–Trinajstić information content (AvgIpc) is 3.29. The summed E-state index contributed by atoms with van der Waals surface area (Å²) in [6, 6.07) is 4.53. The maximum atomic E-state index is 15.4. The van der Waals surface area contributed by atoms with Crippen LogP contribution in [-0.4, -0.2) is 36.6 Å². The lowest BCUT2D eigenvalue weighted by Gasteiger charge is -2.38. The smallest absolute Gasteiger partial charge is 0.258 e. The number of carbonyl (C=O) groups is 1. The van der Waals surface area contributed by atoms with Gasteiger partial charge in [0.05, 0.1) is 40.9 Å². The molecule has 38 heavy (non-hydrogen) atoms. The van der Waals surface area contributed by atoms with Gasteiger partial charge in [-0.05, 0) is 36.6 Å². The van der Waals surface area contributed by atoms with Crippen LogP contribution in [0.15, 0.2) is 36.5 Å². The number of amides is 1. The molecule has 1 amide bonds. The molecular weight excluding hydrogens is 547 g/mol. The van der Waals surface area contributed by atoms with Crippen molar-refractivity contribution in [3.05, 3.63) is 70.9 Å². The third-order valence-electron chi connectivity index (χ3n) is 6.51. The van der Waals surface area contributed by atoms with Crippen molar-refractivity contribution in [2.24, 2.45) is 11.7 Å². The zero-order valence-electron chi connectivity index (χ0n) is 20.3. The number of carbonyl (C=O) groups excluding carboxylic acids is 1. The van der Waals surface area contributed by atoms with Gasteiger partial charge in [-0.1, -0.05) is 13.0 Å². The van der Waals surface area contributed by atoms with Crippen LogP contribution in [0.25, 0.3) is 11.1 Å². The molecule has 12 heteroatoms. The maximum Gasteiger partial charge on any atom is 0.258 e. The minimum Gasteiger partial charge on any atom is -0.477 e. The largest absolute Gasteiger partial charge is 0.477 e. The van der Waals surface area contributed by atoms with Gasteiger partial charge in [-0.15, -0.1) is 24.8 Å². The maximum absolute atomic E-state index is 15.4. The molecule has 3 aromatic rings. The van der Waals surface area contributed by atoms with E-state index in [4.69, 9.17) is 10.5 Å². The Morgan fingerprint density at radius 1 is 1.05 bits per heavy atom. The molecule has 1 fully saturated rings. The van der Waals surface area contributed by atoms with Gasteiger partial charge in [0.2, 0.25) is 5.88 Å². The molecule has 5 rings (SSSR count).